The Balaban J connectivity index is 2.36. The fourth-order valence-corrected chi connectivity index (χ4v) is 2.16. The Morgan fingerprint density at radius 3 is 2.37 bits per heavy atom. The van der Waals surface area contributed by atoms with Gasteiger partial charge < -0.3 is 5.73 Å². The number of primary amides is 1. The smallest absolute Gasteiger partial charge is 0.267 e. The van der Waals surface area contributed by atoms with Gasteiger partial charge in [0.05, 0.1) is 5.52 Å². The van der Waals surface area contributed by atoms with E-state index >= 15 is 0 Å². The Morgan fingerprint density at radius 2 is 1.63 bits per heavy atom. The molecule has 0 saturated heterocycles. The first-order valence-electron chi connectivity index (χ1n) is 6.01. The van der Waals surface area contributed by atoms with Crippen LogP contribution in [0.25, 0.3) is 22.0 Å². The average Bonchev–Trinajstić information content (AvgIpc) is 2.47. The van der Waals surface area contributed by atoms with Crippen LogP contribution < -0.4 is 5.73 Å². The number of hydrogen-bond donors (Lipinski definition) is 1. The topological polar surface area (TPSA) is 56.0 Å². The van der Waals surface area contributed by atoms with Gasteiger partial charge in [-0.05, 0) is 23.3 Å². The molecule has 3 aromatic rings. The number of fused-ring (bicyclic) bond motifs is 1. The average molecular weight is 248 g/mol. The second kappa shape index (κ2) is 4.53. The predicted molar refractivity (Wildman–Crippen MR) is 75.7 cm³/mol. The Morgan fingerprint density at radius 1 is 0.947 bits per heavy atom. The number of amides is 1. The number of pyridine rings is 1. The van der Waals surface area contributed by atoms with Gasteiger partial charge in [-0.15, -0.1) is 0 Å². The van der Waals surface area contributed by atoms with Crippen molar-refractivity contribution in [1.29, 1.82) is 0 Å². The Bertz CT molecular complexity index is 751. The number of nitrogens with two attached hydrogens (primary N) is 1. The highest BCUT2D eigenvalue weighted by Gasteiger charge is 2.10. The second-order valence-electron chi connectivity index (χ2n) is 4.30. The van der Waals surface area contributed by atoms with Gasteiger partial charge in [0.25, 0.3) is 5.91 Å². The summed E-state index contributed by atoms with van der Waals surface area (Å²) in [5.74, 6) is -0.511. The number of carbonyl (C=O) groups is 1. The maximum atomic E-state index is 11.4. The number of carbonyl (C=O) groups excluding carboxylic acids is 1. The van der Waals surface area contributed by atoms with Crippen LogP contribution in [0.4, 0.5) is 0 Å². The van der Waals surface area contributed by atoms with E-state index in [2.05, 4.69) is 4.98 Å². The molecule has 3 nitrogen and oxygen atoms in total. The number of hydrogen-bond acceptors (Lipinski definition) is 2. The number of nitrogens with zero attached hydrogens (tertiary/aromatic N) is 1. The molecule has 1 aromatic heterocycles. The highest BCUT2D eigenvalue weighted by Crippen LogP contribution is 2.28. The van der Waals surface area contributed by atoms with Crippen LogP contribution in [0, 0.1) is 0 Å². The monoisotopic (exact) mass is 248 g/mol. The second-order valence-corrected chi connectivity index (χ2v) is 4.30. The van der Waals surface area contributed by atoms with Crippen molar-refractivity contribution in [3.63, 3.8) is 0 Å². The molecule has 0 unspecified atom stereocenters. The molecule has 0 atom stereocenters. The van der Waals surface area contributed by atoms with Gasteiger partial charge in [0.1, 0.15) is 5.69 Å². The molecule has 2 N–H and O–H groups in total. The minimum absolute atomic E-state index is 0.289. The summed E-state index contributed by atoms with van der Waals surface area (Å²) in [5.41, 5.74) is 8.43. The van der Waals surface area contributed by atoms with E-state index in [9.17, 15) is 4.79 Å². The largest absolute Gasteiger partial charge is 0.364 e. The van der Waals surface area contributed by atoms with Crippen molar-refractivity contribution >= 4 is 16.8 Å². The van der Waals surface area contributed by atoms with Crippen molar-refractivity contribution in [2.24, 2.45) is 5.73 Å². The molecule has 92 valence electrons. The van der Waals surface area contributed by atoms with Crippen LogP contribution in [0.5, 0.6) is 0 Å². The van der Waals surface area contributed by atoms with E-state index < -0.39 is 5.91 Å². The predicted octanol–water partition coefficient (Wildman–Crippen LogP) is 3.00. The van der Waals surface area contributed by atoms with Gasteiger partial charge in [-0.1, -0.05) is 48.5 Å². The summed E-state index contributed by atoms with van der Waals surface area (Å²) in [5, 5.41) is 1.01. The number of benzene rings is 2. The summed E-state index contributed by atoms with van der Waals surface area (Å²) in [6.07, 6.45) is 0. The molecule has 2 aromatic carbocycles. The zero-order valence-corrected chi connectivity index (χ0v) is 10.2. The SMILES string of the molecule is NC(=O)c1cc(-c2ccccc2)c2ccccc2n1. The quantitative estimate of drug-likeness (QED) is 0.758. The normalized spacial score (nSPS) is 10.5. The van der Waals surface area contributed by atoms with E-state index in [1.807, 2.05) is 54.6 Å². The van der Waals surface area contributed by atoms with Crippen LogP contribution >= 0.6 is 0 Å². The van der Waals surface area contributed by atoms with E-state index in [4.69, 9.17) is 5.73 Å². The minimum atomic E-state index is -0.511. The van der Waals surface area contributed by atoms with Crippen LogP contribution in [0.1, 0.15) is 10.5 Å². The fraction of sp³-hybridized carbons (Fsp3) is 0. The highest BCUT2D eigenvalue weighted by molar-refractivity contribution is 6.00. The van der Waals surface area contributed by atoms with Crippen LogP contribution in [0.15, 0.2) is 60.7 Å². The standard InChI is InChI=1S/C16H12N2O/c17-16(19)15-10-13(11-6-2-1-3-7-11)12-8-4-5-9-14(12)18-15/h1-10H,(H2,17,19). The highest BCUT2D eigenvalue weighted by atomic mass is 16.1. The van der Waals surface area contributed by atoms with E-state index in [1.165, 1.54) is 0 Å². The van der Waals surface area contributed by atoms with Gasteiger partial charge in [-0.3, -0.25) is 4.79 Å². The van der Waals surface area contributed by atoms with Crippen LogP contribution in [-0.2, 0) is 0 Å². The molecule has 0 aliphatic heterocycles. The molecule has 1 heterocycles. The summed E-state index contributed by atoms with van der Waals surface area (Å²) < 4.78 is 0. The van der Waals surface area contributed by atoms with E-state index in [0.717, 1.165) is 22.0 Å². The van der Waals surface area contributed by atoms with E-state index in [0.29, 0.717) is 0 Å². The first kappa shape index (κ1) is 11.4. The molecular weight excluding hydrogens is 236 g/mol. The molecule has 0 aliphatic rings. The fourth-order valence-electron chi connectivity index (χ4n) is 2.16. The van der Waals surface area contributed by atoms with Gasteiger partial charge in [-0.2, -0.15) is 0 Å². The third kappa shape index (κ3) is 2.06. The first-order chi connectivity index (χ1) is 9.25. The van der Waals surface area contributed by atoms with Gasteiger partial charge in [0, 0.05) is 5.39 Å². The Hall–Kier alpha value is -2.68. The van der Waals surface area contributed by atoms with Gasteiger partial charge >= 0.3 is 0 Å². The number of rotatable bonds is 2. The summed E-state index contributed by atoms with van der Waals surface area (Å²) >= 11 is 0. The molecule has 0 spiro atoms. The molecule has 19 heavy (non-hydrogen) atoms. The lowest BCUT2D eigenvalue weighted by Gasteiger charge is -2.08. The molecule has 1 amide bonds. The molecule has 0 bridgehead atoms. The van der Waals surface area contributed by atoms with Crippen LogP contribution in [-0.4, -0.2) is 10.9 Å². The van der Waals surface area contributed by atoms with E-state index in [1.54, 1.807) is 6.07 Å². The molecule has 0 radical (unpaired) electrons. The van der Waals surface area contributed by atoms with Crippen molar-refractivity contribution in [3.05, 3.63) is 66.4 Å². The molecule has 3 heteroatoms. The molecular formula is C16H12N2O. The Kier molecular flexibility index (Phi) is 2.72. The molecule has 0 fully saturated rings. The third-order valence-corrected chi connectivity index (χ3v) is 3.05. The van der Waals surface area contributed by atoms with Crippen molar-refractivity contribution in [1.82, 2.24) is 4.98 Å². The Labute approximate surface area is 110 Å². The number of aromatic nitrogens is 1. The minimum Gasteiger partial charge on any atom is -0.364 e. The molecule has 3 rings (SSSR count). The van der Waals surface area contributed by atoms with Crippen LogP contribution in [0.2, 0.25) is 0 Å². The van der Waals surface area contributed by atoms with Crippen molar-refractivity contribution in [2.45, 2.75) is 0 Å². The zero-order chi connectivity index (χ0) is 13.2. The summed E-state index contributed by atoms with van der Waals surface area (Å²) in [7, 11) is 0. The van der Waals surface area contributed by atoms with Crippen molar-refractivity contribution in [2.75, 3.05) is 0 Å². The van der Waals surface area contributed by atoms with Crippen molar-refractivity contribution < 1.29 is 4.79 Å². The summed E-state index contributed by atoms with van der Waals surface area (Å²) in [4.78, 5) is 15.7. The van der Waals surface area contributed by atoms with Crippen LogP contribution in [0.3, 0.4) is 0 Å². The number of para-hydroxylation sites is 1. The van der Waals surface area contributed by atoms with E-state index in [-0.39, 0.29) is 5.69 Å². The maximum absolute atomic E-state index is 11.4. The van der Waals surface area contributed by atoms with Gasteiger partial charge in [-0.25, -0.2) is 4.98 Å². The molecule has 0 aliphatic carbocycles. The van der Waals surface area contributed by atoms with Gasteiger partial charge in [0.2, 0.25) is 0 Å². The maximum Gasteiger partial charge on any atom is 0.267 e. The zero-order valence-electron chi connectivity index (χ0n) is 10.2. The van der Waals surface area contributed by atoms with Gasteiger partial charge in [0.15, 0.2) is 0 Å². The van der Waals surface area contributed by atoms with Crippen molar-refractivity contribution in [3.8, 4) is 11.1 Å². The lowest BCUT2D eigenvalue weighted by molar-refractivity contribution is 0.0996. The molecule has 0 saturated carbocycles. The third-order valence-electron chi connectivity index (χ3n) is 3.05. The lowest BCUT2D eigenvalue weighted by atomic mass is 10.00. The first-order valence-corrected chi connectivity index (χ1v) is 6.01. The lowest BCUT2D eigenvalue weighted by Crippen LogP contribution is -2.13. The summed E-state index contributed by atoms with van der Waals surface area (Å²) in [6, 6.07) is 19.4. The summed E-state index contributed by atoms with van der Waals surface area (Å²) in [6.45, 7) is 0.